The minimum atomic E-state index is -0.272. The van der Waals surface area contributed by atoms with Crippen molar-refractivity contribution in [2.45, 2.75) is 49.3 Å². The van der Waals surface area contributed by atoms with Gasteiger partial charge in [-0.15, -0.1) is 0 Å². The van der Waals surface area contributed by atoms with Crippen LogP contribution in [0.2, 0.25) is 0 Å². The third-order valence-corrected chi connectivity index (χ3v) is 7.68. The quantitative estimate of drug-likeness (QED) is 0.281. The van der Waals surface area contributed by atoms with Crippen molar-refractivity contribution in [3.8, 4) is 22.6 Å². The molecule has 0 spiro atoms. The number of ether oxygens (including phenoxy) is 1. The molecule has 1 aliphatic heterocycles. The number of aromatic hydroxyl groups is 1. The van der Waals surface area contributed by atoms with Crippen molar-refractivity contribution in [2.24, 2.45) is 0 Å². The SMILES string of the molecule is CCCCc1[nH]c(=O)c(Sc2ccc(-c3ccncc3C)cc2)c(O)c1N1CCCOc2ccccc21. The van der Waals surface area contributed by atoms with Gasteiger partial charge in [0.05, 0.1) is 12.3 Å². The van der Waals surface area contributed by atoms with Gasteiger partial charge in [-0.2, -0.15) is 0 Å². The number of hydrogen-bond acceptors (Lipinski definition) is 6. The maximum Gasteiger partial charge on any atom is 0.266 e. The molecule has 2 aromatic carbocycles. The zero-order chi connectivity index (χ0) is 25.8. The molecule has 0 fully saturated rings. The van der Waals surface area contributed by atoms with E-state index in [9.17, 15) is 9.90 Å². The van der Waals surface area contributed by atoms with E-state index in [1.54, 1.807) is 6.20 Å². The molecule has 0 unspecified atom stereocenters. The number of aromatic nitrogens is 2. The van der Waals surface area contributed by atoms with Crippen LogP contribution in [0.15, 0.2) is 81.6 Å². The second-order valence-corrected chi connectivity index (χ2v) is 10.3. The Bertz CT molecular complexity index is 1450. The summed E-state index contributed by atoms with van der Waals surface area (Å²) >= 11 is 1.28. The molecule has 6 nitrogen and oxygen atoms in total. The minimum absolute atomic E-state index is 0.0191. The second kappa shape index (κ2) is 11.1. The van der Waals surface area contributed by atoms with Crippen LogP contribution in [-0.4, -0.2) is 28.2 Å². The van der Waals surface area contributed by atoms with Crippen molar-refractivity contribution in [3.63, 3.8) is 0 Å². The highest BCUT2D eigenvalue weighted by atomic mass is 32.2. The lowest BCUT2D eigenvalue weighted by Gasteiger charge is -2.27. The summed E-state index contributed by atoms with van der Waals surface area (Å²) in [7, 11) is 0. The number of para-hydroxylation sites is 2. The number of aryl methyl sites for hydroxylation is 2. The molecule has 0 atom stereocenters. The number of benzene rings is 2. The molecule has 1 aliphatic rings. The molecule has 2 aromatic heterocycles. The van der Waals surface area contributed by atoms with Crippen molar-refractivity contribution < 1.29 is 9.84 Å². The van der Waals surface area contributed by atoms with Crippen molar-refractivity contribution in [1.82, 2.24) is 9.97 Å². The van der Waals surface area contributed by atoms with Crippen LogP contribution < -0.4 is 15.2 Å². The summed E-state index contributed by atoms with van der Waals surface area (Å²) in [5, 5.41) is 11.6. The Kier molecular flexibility index (Phi) is 7.51. The van der Waals surface area contributed by atoms with Gasteiger partial charge in [0.1, 0.15) is 16.3 Å². The van der Waals surface area contributed by atoms with Gasteiger partial charge in [0.25, 0.3) is 5.56 Å². The second-order valence-electron chi connectivity index (χ2n) is 9.20. The molecule has 0 bridgehead atoms. The van der Waals surface area contributed by atoms with Crippen LogP contribution in [0.5, 0.6) is 11.5 Å². The number of anilines is 2. The molecule has 0 saturated heterocycles. The molecule has 0 amide bonds. The number of nitrogens with zero attached hydrogens (tertiary/aromatic N) is 2. The van der Waals surface area contributed by atoms with Crippen LogP contribution in [-0.2, 0) is 6.42 Å². The molecule has 0 radical (unpaired) electrons. The average molecular weight is 514 g/mol. The minimum Gasteiger partial charge on any atom is -0.504 e. The number of unbranched alkanes of at least 4 members (excludes halogenated alkanes) is 1. The average Bonchev–Trinajstić information content (AvgIpc) is 3.13. The normalized spacial score (nSPS) is 13.1. The van der Waals surface area contributed by atoms with Crippen LogP contribution in [0.4, 0.5) is 11.4 Å². The molecule has 5 rings (SSSR count). The molecule has 7 heteroatoms. The maximum absolute atomic E-state index is 13.2. The summed E-state index contributed by atoms with van der Waals surface area (Å²) in [5.74, 6) is 0.800. The lowest BCUT2D eigenvalue weighted by molar-refractivity contribution is 0.322. The summed E-state index contributed by atoms with van der Waals surface area (Å²) in [6.45, 7) is 5.44. The van der Waals surface area contributed by atoms with E-state index in [1.807, 2.05) is 67.7 Å². The fourth-order valence-corrected chi connectivity index (χ4v) is 5.55. The molecule has 2 N–H and O–H groups in total. The van der Waals surface area contributed by atoms with E-state index in [4.69, 9.17) is 4.74 Å². The highest BCUT2D eigenvalue weighted by Gasteiger charge is 2.26. The summed E-state index contributed by atoms with van der Waals surface area (Å²) < 4.78 is 5.96. The summed E-state index contributed by atoms with van der Waals surface area (Å²) in [4.78, 5) is 23.8. The Labute approximate surface area is 221 Å². The molecule has 4 aromatic rings. The molecular formula is C30H31N3O3S. The van der Waals surface area contributed by atoms with Crippen molar-refractivity contribution in [3.05, 3.63) is 88.6 Å². The summed E-state index contributed by atoms with van der Waals surface area (Å²) in [5.41, 5.74) is 5.35. The number of H-pyrrole nitrogens is 1. The van der Waals surface area contributed by atoms with E-state index >= 15 is 0 Å². The number of hydrogen-bond donors (Lipinski definition) is 2. The van der Waals surface area contributed by atoms with Crippen molar-refractivity contribution in [2.75, 3.05) is 18.1 Å². The predicted octanol–water partition coefficient (Wildman–Crippen LogP) is 6.87. The zero-order valence-electron chi connectivity index (χ0n) is 21.2. The van der Waals surface area contributed by atoms with Gasteiger partial charge in [0.15, 0.2) is 5.75 Å². The largest absolute Gasteiger partial charge is 0.504 e. The van der Waals surface area contributed by atoms with Gasteiger partial charge in [-0.25, -0.2) is 0 Å². The van der Waals surface area contributed by atoms with Gasteiger partial charge < -0.3 is 19.7 Å². The van der Waals surface area contributed by atoms with E-state index in [-0.39, 0.29) is 11.3 Å². The number of aromatic amines is 1. The van der Waals surface area contributed by atoms with E-state index in [1.165, 1.54) is 11.8 Å². The third kappa shape index (κ3) is 5.23. The standard InChI is InChI=1S/C30H31N3O3S/c1-3-4-8-24-27(33-17-7-18-36-26-10-6-5-9-25(26)33)28(34)29(30(35)32-24)37-22-13-11-21(12-14-22)23-15-16-31-19-20(23)2/h5-6,9-16,19H,3-4,7-8,17-18H2,1-2H3,(H2,32,34,35). The highest BCUT2D eigenvalue weighted by molar-refractivity contribution is 7.99. The maximum atomic E-state index is 13.2. The topological polar surface area (TPSA) is 78.5 Å². The first-order valence-corrected chi connectivity index (χ1v) is 13.5. The first kappa shape index (κ1) is 25.0. The van der Waals surface area contributed by atoms with Gasteiger partial charge in [0.2, 0.25) is 0 Å². The Balaban J connectivity index is 1.55. The van der Waals surface area contributed by atoms with Gasteiger partial charge >= 0.3 is 0 Å². The van der Waals surface area contributed by atoms with Gasteiger partial charge in [-0.3, -0.25) is 9.78 Å². The fourth-order valence-electron chi connectivity index (χ4n) is 4.71. The molecule has 3 heterocycles. The number of nitrogens with one attached hydrogen (secondary N) is 1. The monoisotopic (exact) mass is 513 g/mol. The Hall–Kier alpha value is -3.71. The van der Waals surface area contributed by atoms with E-state index in [0.717, 1.165) is 58.0 Å². The molecular weight excluding hydrogens is 482 g/mol. The van der Waals surface area contributed by atoms with Crippen LogP contribution >= 0.6 is 11.8 Å². The van der Waals surface area contributed by atoms with Crippen molar-refractivity contribution >= 4 is 23.1 Å². The highest BCUT2D eigenvalue weighted by Crippen LogP contribution is 2.45. The van der Waals surface area contributed by atoms with E-state index < -0.39 is 0 Å². The first-order valence-electron chi connectivity index (χ1n) is 12.7. The molecule has 0 aliphatic carbocycles. The third-order valence-electron chi connectivity index (χ3n) is 6.59. The van der Waals surface area contributed by atoms with E-state index in [2.05, 4.69) is 21.8 Å². The predicted molar refractivity (Wildman–Crippen MR) is 149 cm³/mol. The van der Waals surface area contributed by atoms with Crippen LogP contribution in [0, 0.1) is 6.92 Å². The number of pyridine rings is 2. The Morgan fingerprint density at radius 2 is 1.95 bits per heavy atom. The van der Waals surface area contributed by atoms with E-state index in [0.29, 0.717) is 30.2 Å². The Morgan fingerprint density at radius 3 is 2.73 bits per heavy atom. The fraction of sp³-hybridized carbons (Fsp3) is 0.267. The molecule has 37 heavy (non-hydrogen) atoms. The molecule has 190 valence electrons. The first-order chi connectivity index (χ1) is 18.1. The van der Waals surface area contributed by atoms with Crippen molar-refractivity contribution in [1.29, 1.82) is 0 Å². The summed E-state index contributed by atoms with van der Waals surface area (Å²) in [6.07, 6.45) is 7.02. The number of fused-ring (bicyclic) bond motifs is 1. The lowest BCUT2D eigenvalue weighted by Crippen LogP contribution is -2.23. The van der Waals surface area contributed by atoms with Crippen LogP contribution in [0.1, 0.15) is 37.4 Å². The number of rotatable bonds is 7. The van der Waals surface area contributed by atoms with Gasteiger partial charge in [-0.05, 0) is 73.2 Å². The molecule has 0 saturated carbocycles. The van der Waals surface area contributed by atoms with Crippen LogP contribution in [0.3, 0.4) is 0 Å². The van der Waals surface area contributed by atoms with Gasteiger partial charge in [-0.1, -0.05) is 49.4 Å². The zero-order valence-corrected chi connectivity index (χ0v) is 22.0. The summed E-state index contributed by atoms with van der Waals surface area (Å²) in [6, 6.07) is 17.9. The smallest absolute Gasteiger partial charge is 0.266 e. The lowest BCUT2D eigenvalue weighted by atomic mass is 10.0. The van der Waals surface area contributed by atoms with Crippen LogP contribution in [0.25, 0.3) is 11.1 Å². The Morgan fingerprint density at radius 1 is 1.14 bits per heavy atom. The van der Waals surface area contributed by atoms with Gasteiger partial charge in [0, 0.05) is 29.5 Å².